The number of hydrogen-bond acceptors (Lipinski definition) is 4. The maximum absolute atomic E-state index is 13.5. The molecule has 1 aromatic carbocycles. The first-order valence-electron chi connectivity index (χ1n) is 5.91. The number of aryl methyl sites for hydroxylation is 1. The van der Waals surface area contributed by atoms with Crippen molar-refractivity contribution in [1.82, 2.24) is 4.98 Å². The van der Waals surface area contributed by atoms with E-state index in [9.17, 15) is 18.0 Å². The minimum Gasteiger partial charge on any atom is -0.323 e. The Balaban J connectivity index is 2.05. The molecule has 3 nitrogen and oxygen atoms in total. The third-order valence-electron chi connectivity index (χ3n) is 2.54. The highest BCUT2D eigenvalue weighted by Gasteiger charge is 2.20. The standard InChI is InChI=1S/C13H11F3N2OS2/c1-6-5-20-13(17-6)21-7(2)12(19)18-9-4-3-8(14)10(15)11(9)16/h3-5,7H,1-2H3,(H,18,19)/t7-/m0/s1. The average molecular weight is 332 g/mol. The second-order valence-corrected chi connectivity index (χ2v) is 6.67. The molecule has 21 heavy (non-hydrogen) atoms. The van der Waals surface area contributed by atoms with E-state index in [2.05, 4.69) is 10.3 Å². The Morgan fingerprint density at radius 1 is 1.33 bits per heavy atom. The van der Waals surface area contributed by atoms with Crippen LogP contribution in [-0.2, 0) is 4.79 Å². The molecule has 0 unspecified atom stereocenters. The van der Waals surface area contributed by atoms with Crippen molar-refractivity contribution in [3.05, 3.63) is 40.7 Å². The average Bonchev–Trinajstić information content (AvgIpc) is 2.84. The Morgan fingerprint density at radius 2 is 2.05 bits per heavy atom. The number of nitrogens with one attached hydrogen (secondary N) is 1. The molecule has 1 amide bonds. The number of rotatable bonds is 4. The molecular formula is C13H11F3N2OS2. The van der Waals surface area contributed by atoms with Crippen LogP contribution in [-0.4, -0.2) is 16.1 Å². The molecule has 2 rings (SSSR count). The number of benzene rings is 1. The van der Waals surface area contributed by atoms with Crippen molar-refractivity contribution in [3.8, 4) is 0 Å². The molecule has 8 heteroatoms. The van der Waals surface area contributed by atoms with Crippen LogP contribution in [0.5, 0.6) is 0 Å². The second-order valence-electron chi connectivity index (χ2n) is 4.23. The molecule has 1 atom stereocenters. The molecule has 1 aromatic heterocycles. The van der Waals surface area contributed by atoms with E-state index in [4.69, 9.17) is 0 Å². The van der Waals surface area contributed by atoms with Crippen LogP contribution in [0.15, 0.2) is 21.9 Å². The number of hydrogen-bond donors (Lipinski definition) is 1. The van der Waals surface area contributed by atoms with E-state index < -0.39 is 28.6 Å². The molecular weight excluding hydrogens is 321 g/mol. The molecule has 0 spiro atoms. The van der Waals surface area contributed by atoms with Crippen molar-refractivity contribution >= 4 is 34.7 Å². The first kappa shape index (κ1) is 15.8. The molecule has 0 fully saturated rings. The van der Waals surface area contributed by atoms with Crippen molar-refractivity contribution in [2.45, 2.75) is 23.4 Å². The lowest BCUT2D eigenvalue weighted by atomic mass is 10.2. The predicted octanol–water partition coefficient (Wildman–Crippen LogP) is 3.99. The van der Waals surface area contributed by atoms with Crippen LogP contribution < -0.4 is 5.32 Å². The van der Waals surface area contributed by atoms with Gasteiger partial charge in [-0.1, -0.05) is 11.8 Å². The molecule has 0 saturated carbocycles. The second kappa shape index (κ2) is 6.48. The monoisotopic (exact) mass is 332 g/mol. The van der Waals surface area contributed by atoms with Gasteiger partial charge in [-0.25, -0.2) is 18.2 Å². The normalized spacial score (nSPS) is 12.2. The Hall–Kier alpha value is -1.54. The Morgan fingerprint density at radius 3 is 2.67 bits per heavy atom. The quantitative estimate of drug-likeness (QED) is 0.680. The summed E-state index contributed by atoms with van der Waals surface area (Å²) in [7, 11) is 0. The highest BCUT2D eigenvalue weighted by atomic mass is 32.2. The Bertz CT molecular complexity index is 675. The summed E-state index contributed by atoms with van der Waals surface area (Å²) in [5, 5.41) is 3.54. The van der Waals surface area contributed by atoms with Gasteiger partial charge < -0.3 is 5.32 Å². The van der Waals surface area contributed by atoms with Crippen molar-refractivity contribution < 1.29 is 18.0 Å². The summed E-state index contributed by atoms with van der Waals surface area (Å²) >= 11 is 2.61. The predicted molar refractivity (Wildman–Crippen MR) is 77.1 cm³/mol. The van der Waals surface area contributed by atoms with Gasteiger partial charge in [-0.15, -0.1) is 11.3 Å². The summed E-state index contributed by atoms with van der Waals surface area (Å²) in [4.78, 5) is 16.1. The molecule has 1 heterocycles. The van der Waals surface area contributed by atoms with Gasteiger partial charge in [-0.3, -0.25) is 4.79 Å². The minimum atomic E-state index is -1.61. The fraction of sp³-hybridized carbons (Fsp3) is 0.231. The summed E-state index contributed by atoms with van der Waals surface area (Å²) in [6.07, 6.45) is 0. The van der Waals surface area contributed by atoms with E-state index in [-0.39, 0.29) is 5.69 Å². The minimum absolute atomic E-state index is 0.387. The largest absolute Gasteiger partial charge is 0.323 e. The Labute approximate surface area is 127 Å². The first-order valence-corrected chi connectivity index (χ1v) is 7.67. The zero-order valence-corrected chi connectivity index (χ0v) is 12.7. The van der Waals surface area contributed by atoms with Crippen LogP contribution in [0.1, 0.15) is 12.6 Å². The van der Waals surface area contributed by atoms with Gasteiger partial charge in [0.15, 0.2) is 21.8 Å². The number of carbonyl (C=O) groups excluding carboxylic acids is 1. The van der Waals surface area contributed by atoms with Crippen LogP contribution in [0, 0.1) is 24.4 Å². The van der Waals surface area contributed by atoms with Gasteiger partial charge in [0.05, 0.1) is 10.9 Å². The number of amides is 1. The number of carbonyl (C=O) groups is 1. The summed E-state index contributed by atoms with van der Waals surface area (Å²) in [6, 6.07) is 1.74. The smallest absolute Gasteiger partial charge is 0.237 e. The van der Waals surface area contributed by atoms with E-state index in [0.717, 1.165) is 17.8 Å². The molecule has 0 bridgehead atoms. The van der Waals surface area contributed by atoms with Crippen molar-refractivity contribution in [3.63, 3.8) is 0 Å². The molecule has 0 aliphatic carbocycles. The van der Waals surface area contributed by atoms with E-state index >= 15 is 0 Å². The molecule has 2 aromatic rings. The van der Waals surface area contributed by atoms with Gasteiger partial charge in [-0.05, 0) is 26.0 Å². The molecule has 0 saturated heterocycles. The lowest BCUT2D eigenvalue weighted by Gasteiger charge is -2.11. The van der Waals surface area contributed by atoms with E-state index in [1.54, 1.807) is 6.92 Å². The summed E-state index contributed by atoms with van der Waals surface area (Å²) in [5.74, 6) is -4.83. The fourth-order valence-electron chi connectivity index (χ4n) is 1.45. The summed E-state index contributed by atoms with van der Waals surface area (Å²) < 4.78 is 40.1. The van der Waals surface area contributed by atoms with E-state index in [1.165, 1.54) is 23.1 Å². The zero-order chi connectivity index (χ0) is 15.6. The van der Waals surface area contributed by atoms with Crippen LogP contribution in [0.3, 0.4) is 0 Å². The highest BCUT2D eigenvalue weighted by molar-refractivity contribution is 8.02. The maximum Gasteiger partial charge on any atom is 0.237 e. The number of thioether (sulfide) groups is 1. The van der Waals surface area contributed by atoms with Gasteiger partial charge in [0.1, 0.15) is 0 Å². The highest BCUT2D eigenvalue weighted by Crippen LogP contribution is 2.28. The molecule has 1 N–H and O–H groups in total. The first-order chi connectivity index (χ1) is 9.88. The van der Waals surface area contributed by atoms with Gasteiger partial charge in [0, 0.05) is 11.1 Å². The SMILES string of the molecule is Cc1csc(S[C@@H](C)C(=O)Nc2ccc(F)c(F)c2F)n1. The van der Waals surface area contributed by atoms with Crippen LogP contribution in [0.2, 0.25) is 0 Å². The van der Waals surface area contributed by atoms with Crippen LogP contribution >= 0.6 is 23.1 Å². The topological polar surface area (TPSA) is 42.0 Å². The maximum atomic E-state index is 13.5. The van der Waals surface area contributed by atoms with Gasteiger partial charge >= 0.3 is 0 Å². The Kier molecular flexibility index (Phi) is 4.89. The number of aromatic nitrogens is 1. The van der Waals surface area contributed by atoms with Crippen LogP contribution in [0.25, 0.3) is 0 Å². The third kappa shape index (κ3) is 3.76. The summed E-state index contributed by atoms with van der Waals surface area (Å²) in [5.41, 5.74) is 0.462. The molecule has 112 valence electrons. The lowest BCUT2D eigenvalue weighted by molar-refractivity contribution is -0.115. The van der Waals surface area contributed by atoms with Gasteiger partial charge in [0.25, 0.3) is 0 Å². The van der Waals surface area contributed by atoms with E-state index in [0.29, 0.717) is 4.34 Å². The number of halogens is 3. The number of anilines is 1. The zero-order valence-electron chi connectivity index (χ0n) is 11.1. The van der Waals surface area contributed by atoms with Crippen molar-refractivity contribution in [2.75, 3.05) is 5.32 Å². The van der Waals surface area contributed by atoms with E-state index in [1.807, 2.05) is 12.3 Å². The van der Waals surface area contributed by atoms with Gasteiger partial charge in [-0.2, -0.15) is 0 Å². The third-order valence-corrected chi connectivity index (χ3v) is 4.73. The molecule has 0 radical (unpaired) electrons. The number of nitrogens with zero attached hydrogens (tertiary/aromatic N) is 1. The van der Waals surface area contributed by atoms with Crippen LogP contribution in [0.4, 0.5) is 18.9 Å². The summed E-state index contributed by atoms with van der Waals surface area (Å²) in [6.45, 7) is 3.45. The molecule has 0 aliphatic rings. The van der Waals surface area contributed by atoms with Crippen molar-refractivity contribution in [1.29, 1.82) is 0 Å². The number of thiazole rings is 1. The molecule has 0 aliphatic heterocycles. The lowest BCUT2D eigenvalue weighted by Crippen LogP contribution is -2.23. The van der Waals surface area contributed by atoms with Gasteiger partial charge in [0.2, 0.25) is 5.91 Å². The fourth-order valence-corrected chi connectivity index (χ4v) is 3.43. The van der Waals surface area contributed by atoms with Crippen molar-refractivity contribution in [2.24, 2.45) is 0 Å².